The molecule has 1 N–H and O–H groups in total. The fraction of sp³-hybridized carbons (Fsp3) is 0.375. The number of rotatable bonds is 9. The summed E-state index contributed by atoms with van der Waals surface area (Å²) in [4.78, 5) is 22.3. The van der Waals surface area contributed by atoms with Crippen LogP contribution in [0.4, 0.5) is 0 Å². The van der Waals surface area contributed by atoms with Gasteiger partial charge in [-0.1, -0.05) is 6.07 Å². The maximum absolute atomic E-state index is 12.9. The Labute approximate surface area is 196 Å². The Morgan fingerprint density at radius 3 is 2.97 bits per heavy atom. The van der Waals surface area contributed by atoms with Crippen LogP contribution in [0.3, 0.4) is 0 Å². The molecule has 1 atom stereocenters. The number of aromatic amines is 1. The zero-order valence-corrected chi connectivity index (χ0v) is 19.1. The second-order valence-electron chi connectivity index (χ2n) is 8.50. The van der Waals surface area contributed by atoms with Gasteiger partial charge in [-0.25, -0.2) is 4.68 Å². The van der Waals surface area contributed by atoms with Crippen molar-refractivity contribution in [1.82, 2.24) is 35.1 Å². The summed E-state index contributed by atoms with van der Waals surface area (Å²) in [5.74, 6) is 1.44. The third-order valence-electron chi connectivity index (χ3n) is 6.02. The van der Waals surface area contributed by atoms with Crippen LogP contribution in [-0.2, 0) is 30.9 Å². The molecule has 0 unspecified atom stereocenters. The van der Waals surface area contributed by atoms with E-state index >= 15 is 0 Å². The molecule has 176 valence electrons. The van der Waals surface area contributed by atoms with Crippen molar-refractivity contribution in [3.63, 3.8) is 0 Å². The van der Waals surface area contributed by atoms with E-state index < -0.39 is 0 Å². The molecule has 1 aliphatic rings. The molecule has 3 aromatic heterocycles. The summed E-state index contributed by atoms with van der Waals surface area (Å²) >= 11 is 0. The number of hydrogen-bond acceptors (Lipinski definition) is 8. The number of methoxy groups -OCH3 is 1. The molecule has 5 rings (SSSR count). The average molecular weight is 462 g/mol. The molecule has 10 heteroatoms. The number of H-pyrrole nitrogens is 1. The second kappa shape index (κ2) is 10.1. The molecule has 34 heavy (non-hydrogen) atoms. The molecule has 0 bridgehead atoms. The summed E-state index contributed by atoms with van der Waals surface area (Å²) in [6, 6.07) is 11.5. The van der Waals surface area contributed by atoms with Gasteiger partial charge in [-0.3, -0.25) is 14.7 Å². The van der Waals surface area contributed by atoms with Gasteiger partial charge in [-0.2, -0.15) is 0 Å². The van der Waals surface area contributed by atoms with Gasteiger partial charge in [0.2, 0.25) is 0 Å². The largest absolute Gasteiger partial charge is 0.497 e. The number of fused-ring (bicyclic) bond motifs is 1. The number of aromatic nitrogens is 6. The third kappa shape index (κ3) is 5.13. The predicted octanol–water partition coefficient (Wildman–Crippen LogP) is 2.30. The first-order valence-corrected chi connectivity index (χ1v) is 11.4. The predicted molar refractivity (Wildman–Crippen MR) is 125 cm³/mol. The second-order valence-corrected chi connectivity index (χ2v) is 8.50. The number of ether oxygens (including phenoxy) is 2. The van der Waals surface area contributed by atoms with Crippen molar-refractivity contribution in [3.05, 3.63) is 76.1 Å². The van der Waals surface area contributed by atoms with Gasteiger partial charge >= 0.3 is 0 Å². The monoisotopic (exact) mass is 461 g/mol. The van der Waals surface area contributed by atoms with Crippen molar-refractivity contribution < 1.29 is 9.47 Å². The van der Waals surface area contributed by atoms with E-state index in [0.717, 1.165) is 41.7 Å². The molecule has 10 nitrogen and oxygen atoms in total. The van der Waals surface area contributed by atoms with E-state index in [1.807, 2.05) is 47.3 Å². The lowest BCUT2D eigenvalue weighted by Crippen LogP contribution is -2.29. The molecule has 1 aliphatic heterocycles. The molecule has 0 spiro atoms. The molecular formula is C24H27N7O3. The number of tetrazole rings is 1. The smallest absolute Gasteiger partial charge is 0.252 e. The van der Waals surface area contributed by atoms with Crippen molar-refractivity contribution in [2.75, 3.05) is 13.7 Å². The van der Waals surface area contributed by atoms with Crippen LogP contribution in [0.15, 0.2) is 53.6 Å². The highest BCUT2D eigenvalue weighted by molar-refractivity contribution is 5.80. The minimum atomic E-state index is -0.129. The van der Waals surface area contributed by atoms with Gasteiger partial charge in [0.15, 0.2) is 5.82 Å². The van der Waals surface area contributed by atoms with Crippen LogP contribution in [0.2, 0.25) is 0 Å². The van der Waals surface area contributed by atoms with Crippen LogP contribution in [0.1, 0.15) is 29.8 Å². The Balaban J connectivity index is 1.41. The highest BCUT2D eigenvalue weighted by atomic mass is 16.5. The van der Waals surface area contributed by atoms with Gasteiger partial charge in [0.25, 0.3) is 5.56 Å². The fourth-order valence-corrected chi connectivity index (χ4v) is 4.29. The average Bonchev–Trinajstić information content (AvgIpc) is 3.52. The molecule has 0 radical (unpaired) electrons. The van der Waals surface area contributed by atoms with Crippen molar-refractivity contribution in [3.8, 4) is 5.75 Å². The number of pyridine rings is 2. The first kappa shape index (κ1) is 22.2. The maximum atomic E-state index is 12.9. The molecule has 0 amide bonds. The van der Waals surface area contributed by atoms with Gasteiger partial charge in [0, 0.05) is 43.7 Å². The van der Waals surface area contributed by atoms with E-state index in [-0.39, 0.29) is 11.7 Å². The topological polar surface area (TPSA) is 111 Å². The van der Waals surface area contributed by atoms with Crippen LogP contribution in [0.25, 0.3) is 10.9 Å². The van der Waals surface area contributed by atoms with Crippen molar-refractivity contribution in [2.24, 2.45) is 0 Å². The summed E-state index contributed by atoms with van der Waals surface area (Å²) < 4.78 is 12.8. The minimum absolute atomic E-state index is 0.129. The number of hydrogen-bond donors (Lipinski definition) is 1. The lowest BCUT2D eigenvalue weighted by molar-refractivity contribution is 0.0914. The number of nitrogens with zero attached hydrogens (tertiary/aromatic N) is 6. The molecule has 4 heterocycles. The van der Waals surface area contributed by atoms with E-state index in [0.29, 0.717) is 37.5 Å². The first-order chi connectivity index (χ1) is 16.7. The summed E-state index contributed by atoms with van der Waals surface area (Å²) in [5, 5.41) is 13.3. The third-order valence-corrected chi connectivity index (χ3v) is 6.02. The Morgan fingerprint density at radius 1 is 1.24 bits per heavy atom. The lowest BCUT2D eigenvalue weighted by atomic mass is 10.1. The van der Waals surface area contributed by atoms with Crippen LogP contribution < -0.4 is 10.3 Å². The lowest BCUT2D eigenvalue weighted by Gasteiger charge is -2.22. The van der Waals surface area contributed by atoms with Crippen LogP contribution >= 0.6 is 0 Å². The van der Waals surface area contributed by atoms with E-state index in [1.54, 1.807) is 13.3 Å². The standard InChI is InChI=1S/C24H27N7O3/c1-33-20-7-6-18-10-19(24(32)26-22(18)11-20)14-30(13-17-4-2-8-25-12-17)16-23-27-28-29-31(23)15-21-5-3-9-34-21/h2,4,6-8,10-12,21H,3,5,9,13-16H2,1H3,(H,26,32)/t21-/m1/s1. The van der Waals surface area contributed by atoms with Crippen LogP contribution in [0.5, 0.6) is 5.75 Å². The highest BCUT2D eigenvalue weighted by Gasteiger charge is 2.21. The van der Waals surface area contributed by atoms with Gasteiger partial charge in [0.1, 0.15) is 5.75 Å². The fourth-order valence-electron chi connectivity index (χ4n) is 4.29. The Kier molecular flexibility index (Phi) is 6.59. The van der Waals surface area contributed by atoms with Crippen LogP contribution in [-0.4, -0.2) is 54.9 Å². The summed E-state index contributed by atoms with van der Waals surface area (Å²) in [5.41, 5.74) is 2.32. The Morgan fingerprint density at radius 2 is 2.18 bits per heavy atom. The van der Waals surface area contributed by atoms with E-state index in [9.17, 15) is 4.79 Å². The van der Waals surface area contributed by atoms with Crippen LogP contribution in [0, 0.1) is 0 Å². The van der Waals surface area contributed by atoms with E-state index in [2.05, 4.69) is 30.4 Å². The molecule has 4 aromatic rings. The van der Waals surface area contributed by atoms with Gasteiger partial charge in [-0.05, 0) is 58.5 Å². The quantitative estimate of drug-likeness (QED) is 0.404. The molecule has 0 saturated carbocycles. The van der Waals surface area contributed by atoms with E-state index in [1.165, 1.54) is 0 Å². The summed E-state index contributed by atoms with van der Waals surface area (Å²) in [6.07, 6.45) is 5.79. The summed E-state index contributed by atoms with van der Waals surface area (Å²) in [7, 11) is 1.61. The maximum Gasteiger partial charge on any atom is 0.252 e. The SMILES string of the molecule is COc1ccc2cc(CN(Cc3cccnc3)Cc3nnnn3C[C@H]3CCCO3)c(=O)[nH]c2c1. The van der Waals surface area contributed by atoms with Crippen molar-refractivity contribution >= 4 is 10.9 Å². The molecule has 1 saturated heterocycles. The normalized spacial score (nSPS) is 15.9. The molecular weight excluding hydrogens is 434 g/mol. The molecule has 1 aromatic carbocycles. The van der Waals surface area contributed by atoms with Gasteiger partial charge < -0.3 is 14.5 Å². The van der Waals surface area contributed by atoms with Crippen molar-refractivity contribution in [2.45, 2.75) is 45.1 Å². The Hall–Kier alpha value is -3.63. The Bertz CT molecular complexity index is 1300. The van der Waals surface area contributed by atoms with E-state index in [4.69, 9.17) is 9.47 Å². The van der Waals surface area contributed by atoms with Gasteiger partial charge in [0.05, 0.1) is 31.8 Å². The zero-order valence-electron chi connectivity index (χ0n) is 19.1. The number of benzene rings is 1. The first-order valence-electron chi connectivity index (χ1n) is 11.4. The molecule has 0 aliphatic carbocycles. The number of nitrogens with one attached hydrogen (secondary N) is 1. The van der Waals surface area contributed by atoms with Gasteiger partial charge in [-0.15, -0.1) is 5.10 Å². The van der Waals surface area contributed by atoms with Crippen molar-refractivity contribution in [1.29, 1.82) is 0 Å². The molecule has 1 fully saturated rings. The minimum Gasteiger partial charge on any atom is -0.497 e. The highest BCUT2D eigenvalue weighted by Crippen LogP contribution is 2.20. The summed E-state index contributed by atoms with van der Waals surface area (Å²) in [6.45, 7) is 2.92. The zero-order chi connectivity index (χ0) is 23.3.